The Labute approximate surface area is 136 Å². The number of fused-ring (bicyclic) bond motifs is 2. The summed E-state index contributed by atoms with van der Waals surface area (Å²) in [5, 5.41) is 11.1. The number of amides is 1. The second-order valence-corrected chi connectivity index (χ2v) is 6.71. The Balaban J connectivity index is 1.63. The van der Waals surface area contributed by atoms with Gasteiger partial charge >= 0.3 is 0 Å². The fourth-order valence-electron chi connectivity index (χ4n) is 3.46. The van der Waals surface area contributed by atoms with Gasteiger partial charge in [-0.1, -0.05) is 15.9 Å². The molecule has 0 radical (unpaired) electrons. The van der Waals surface area contributed by atoms with Gasteiger partial charge in [-0.3, -0.25) is 4.79 Å². The molecule has 22 heavy (non-hydrogen) atoms. The van der Waals surface area contributed by atoms with Crippen LogP contribution >= 0.6 is 15.9 Å². The van der Waals surface area contributed by atoms with Crippen LogP contribution in [0.2, 0.25) is 0 Å². The van der Waals surface area contributed by atoms with Crippen molar-refractivity contribution in [1.29, 1.82) is 0 Å². The molecule has 112 valence electrons. The van der Waals surface area contributed by atoms with Crippen molar-refractivity contribution in [2.45, 2.75) is 18.3 Å². The third kappa shape index (κ3) is 2.01. The van der Waals surface area contributed by atoms with E-state index in [2.05, 4.69) is 42.4 Å². The number of piperidine rings is 1. The molecule has 1 N–H and O–H groups in total. The van der Waals surface area contributed by atoms with E-state index in [1.54, 1.807) is 6.20 Å². The summed E-state index contributed by atoms with van der Waals surface area (Å²) < 4.78 is 1.01. The van der Waals surface area contributed by atoms with E-state index in [-0.39, 0.29) is 5.91 Å². The largest absolute Gasteiger partial charge is 0.355 e. The fraction of sp³-hybridized carbons (Fsp3) is 0.312. The van der Waals surface area contributed by atoms with Gasteiger partial charge in [-0.15, -0.1) is 5.10 Å². The van der Waals surface area contributed by atoms with Crippen LogP contribution in [-0.4, -0.2) is 29.2 Å². The SMILES string of the molecule is O=C1Nc2ccc(Br)cc2C12CCN(c1cccnn1)CC2. The maximum absolute atomic E-state index is 12.6. The Morgan fingerprint density at radius 1 is 1.23 bits per heavy atom. The number of aromatic nitrogens is 2. The van der Waals surface area contributed by atoms with E-state index < -0.39 is 5.41 Å². The fourth-order valence-corrected chi connectivity index (χ4v) is 3.82. The predicted molar refractivity (Wildman–Crippen MR) is 87.9 cm³/mol. The van der Waals surface area contributed by atoms with E-state index in [0.717, 1.165) is 47.5 Å². The van der Waals surface area contributed by atoms with Crippen molar-refractivity contribution in [3.63, 3.8) is 0 Å². The van der Waals surface area contributed by atoms with Crippen LogP contribution in [0.5, 0.6) is 0 Å². The van der Waals surface area contributed by atoms with Crippen molar-refractivity contribution in [3.05, 3.63) is 46.6 Å². The van der Waals surface area contributed by atoms with Crippen LogP contribution in [0.25, 0.3) is 0 Å². The molecule has 1 aromatic carbocycles. The Kier molecular flexibility index (Phi) is 3.14. The minimum absolute atomic E-state index is 0.124. The maximum Gasteiger partial charge on any atom is 0.235 e. The maximum atomic E-state index is 12.6. The third-order valence-corrected chi connectivity index (χ3v) is 5.17. The van der Waals surface area contributed by atoms with Gasteiger partial charge in [0.15, 0.2) is 5.82 Å². The number of carbonyl (C=O) groups excluding carboxylic acids is 1. The van der Waals surface area contributed by atoms with Gasteiger partial charge in [0.05, 0.1) is 5.41 Å². The van der Waals surface area contributed by atoms with Gasteiger partial charge in [-0.05, 0) is 48.7 Å². The normalized spacial score (nSPS) is 19.1. The molecule has 2 aliphatic heterocycles. The summed E-state index contributed by atoms with van der Waals surface area (Å²) in [7, 11) is 0. The molecule has 0 unspecified atom stereocenters. The Morgan fingerprint density at radius 3 is 2.77 bits per heavy atom. The number of rotatable bonds is 1. The quantitative estimate of drug-likeness (QED) is 0.851. The molecule has 2 aromatic rings. The summed E-state index contributed by atoms with van der Waals surface area (Å²) in [6.07, 6.45) is 3.25. The van der Waals surface area contributed by atoms with Crippen molar-refractivity contribution >= 4 is 33.3 Å². The van der Waals surface area contributed by atoms with Crippen LogP contribution in [0.15, 0.2) is 41.0 Å². The average molecular weight is 359 g/mol. The highest BCUT2D eigenvalue weighted by molar-refractivity contribution is 9.10. The Morgan fingerprint density at radius 2 is 2.05 bits per heavy atom. The van der Waals surface area contributed by atoms with E-state index in [9.17, 15) is 4.79 Å². The van der Waals surface area contributed by atoms with Gasteiger partial charge in [-0.2, -0.15) is 5.10 Å². The first kappa shape index (κ1) is 13.7. The second kappa shape index (κ2) is 5.05. The van der Waals surface area contributed by atoms with Gasteiger partial charge in [0.1, 0.15) is 0 Å². The second-order valence-electron chi connectivity index (χ2n) is 5.80. The molecule has 1 amide bonds. The summed E-state index contributed by atoms with van der Waals surface area (Å²) in [5.41, 5.74) is 1.66. The van der Waals surface area contributed by atoms with Crippen LogP contribution in [0, 0.1) is 0 Å². The number of benzene rings is 1. The molecule has 0 saturated carbocycles. The first-order chi connectivity index (χ1) is 10.7. The van der Waals surface area contributed by atoms with Crippen molar-refractivity contribution < 1.29 is 4.79 Å². The number of nitrogens with one attached hydrogen (secondary N) is 1. The number of anilines is 2. The molecule has 3 heterocycles. The van der Waals surface area contributed by atoms with Crippen LogP contribution in [0.3, 0.4) is 0 Å². The molecule has 6 heteroatoms. The summed E-state index contributed by atoms with van der Waals surface area (Å²) in [4.78, 5) is 14.8. The number of hydrogen-bond acceptors (Lipinski definition) is 4. The van der Waals surface area contributed by atoms with Gasteiger partial charge in [0.2, 0.25) is 5.91 Å². The number of halogens is 1. The monoisotopic (exact) mass is 358 g/mol. The van der Waals surface area contributed by atoms with Gasteiger partial charge in [0, 0.05) is 29.4 Å². The minimum atomic E-state index is -0.405. The molecule has 4 rings (SSSR count). The van der Waals surface area contributed by atoms with E-state index in [0.29, 0.717) is 0 Å². The molecule has 0 bridgehead atoms. The molecule has 0 aliphatic carbocycles. The Bertz CT molecular complexity index is 726. The lowest BCUT2D eigenvalue weighted by atomic mass is 9.73. The molecule has 1 saturated heterocycles. The van der Waals surface area contributed by atoms with E-state index in [1.807, 2.05) is 24.3 Å². The van der Waals surface area contributed by atoms with Crippen LogP contribution < -0.4 is 10.2 Å². The number of nitrogens with zero attached hydrogens (tertiary/aromatic N) is 3. The van der Waals surface area contributed by atoms with E-state index in [4.69, 9.17) is 0 Å². The summed E-state index contributed by atoms with van der Waals surface area (Å²) in [5.74, 6) is 1.00. The highest BCUT2D eigenvalue weighted by atomic mass is 79.9. The molecular formula is C16H15BrN4O. The zero-order chi connectivity index (χ0) is 15.2. The molecule has 1 aromatic heterocycles. The lowest BCUT2D eigenvalue weighted by Crippen LogP contribution is -2.46. The first-order valence-electron chi connectivity index (χ1n) is 7.33. The molecule has 1 fully saturated rings. The van der Waals surface area contributed by atoms with Crippen molar-refractivity contribution in [1.82, 2.24) is 10.2 Å². The van der Waals surface area contributed by atoms with Gasteiger partial charge < -0.3 is 10.2 Å². The topological polar surface area (TPSA) is 58.1 Å². The summed E-state index contributed by atoms with van der Waals surface area (Å²) in [6.45, 7) is 1.61. The standard InChI is InChI=1S/C16H15BrN4O/c17-11-3-4-13-12(10-11)16(15(22)19-13)5-8-21(9-6-16)14-2-1-7-18-20-14/h1-4,7,10H,5-6,8-9H2,(H,19,22). The molecule has 2 aliphatic rings. The van der Waals surface area contributed by atoms with Crippen molar-refractivity contribution in [2.75, 3.05) is 23.3 Å². The molecule has 0 atom stereocenters. The van der Waals surface area contributed by atoms with Crippen LogP contribution in [0.4, 0.5) is 11.5 Å². The lowest BCUT2D eigenvalue weighted by Gasteiger charge is -2.38. The van der Waals surface area contributed by atoms with Crippen LogP contribution in [-0.2, 0) is 10.2 Å². The van der Waals surface area contributed by atoms with Crippen molar-refractivity contribution in [3.8, 4) is 0 Å². The average Bonchev–Trinajstić information content (AvgIpc) is 2.81. The van der Waals surface area contributed by atoms with Gasteiger partial charge in [0.25, 0.3) is 0 Å². The summed E-state index contributed by atoms with van der Waals surface area (Å²) >= 11 is 3.52. The third-order valence-electron chi connectivity index (χ3n) is 4.68. The summed E-state index contributed by atoms with van der Waals surface area (Å²) in [6, 6.07) is 9.87. The Hall–Kier alpha value is -1.95. The van der Waals surface area contributed by atoms with Crippen molar-refractivity contribution in [2.24, 2.45) is 0 Å². The van der Waals surface area contributed by atoms with E-state index in [1.165, 1.54) is 0 Å². The lowest BCUT2D eigenvalue weighted by molar-refractivity contribution is -0.121. The highest BCUT2D eigenvalue weighted by Crippen LogP contribution is 2.46. The smallest absolute Gasteiger partial charge is 0.235 e. The number of carbonyl (C=O) groups is 1. The highest BCUT2D eigenvalue weighted by Gasteiger charge is 2.48. The van der Waals surface area contributed by atoms with E-state index >= 15 is 0 Å². The first-order valence-corrected chi connectivity index (χ1v) is 8.12. The molecular weight excluding hydrogens is 344 g/mol. The zero-order valence-electron chi connectivity index (χ0n) is 11.9. The molecule has 1 spiro atoms. The number of hydrogen-bond donors (Lipinski definition) is 1. The zero-order valence-corrected chi connectivity index (χ0v) is 13.5. The molecule has 5 nitrogen and oxygen atoms in total. The van der Waals surface area contributed by atoms with Crippen LogP contribution in [0.1, 0.15) is 18.4 Å². The van der Waals surface area contributed by atoms with Gasteiger partial charge in [-0.25, -0.2) is 0 Å². The minimum Gasteiger partial charge on any atom is -0.355 e. The predicted octanol–water partition coefficient (Wildman–Crippen LogP) is 2.73.